The third-order valence-corrected chi connectivity index (χ3v) is 8.38. The van der Waals surface area contributed by atoms with E-state index in [2.05, 4.69) is 29.6 Å². The predicted octanol–water partition coefficient (Wildman–Crippen LogP) is 4.53. The van der Waals surface area contributed by atoms with Crippen LogP contribution >= 0.6 is 12.2 Å². The van der Waals surface area contributed by atoms with Crippen LogP contribution in [0.15, 0.2) is 97.1 Å². The van der Waals surface area contributed by atoms with Crippen LogP contribution in [0.4, 0.5) is 4.79 Å². The number of urea groups is 1. The van der Waals surface area contributed by atoms with Gasteiger partial charge in [0, 0.05) is 26.6 Å². The van der Waals surface area contributed by atoms with Crippen LogP contribution in [0.25, 0.3) is 10.8 Å². The van der Waals surface area contributed by atoms with Gasteiger partial charge < -0.3 is 20.2 Å². The molecule has 2 saturated heterocycles. The zero-order chi connectivity index (χ0) is 29.2. The van der Waals surface area contributed by atoms with E-state index < -0.39 is 12.2 Å². The van der Waals surface area contributed by atoms with Crippen LogP contribution in [0.5, 0.6) is 5.75 Å². The quantitative estimate of drug-likeness (QED) is 0.327. The minimum atomic E-state index is -0.603. The Balaban J connectivity index is 1.34. The lowest BCUT2D eigenvalue weighted by atomic mass is 9.97. The third kappa shape index (κ3) is 5.53. The van der Waals surface area contributed by atoms with Crippen LogP contribution in [0.1, 0.15) is 16.7 Å². The van der Waals surface area contributed by atoms with Crippen LogP contribution in [-0.4, -0.2) is 74.2 Å². The fourth-order valence-electron chi connectivity index (χ4n) is 5.99. The van der Waals surface area contributed by atoms with Crippen molar-refractivity contribution in [2.24, 2.45) is 0 Å². The summed E-state index contributed by atoms with van der Waals surface area (Å²) in [5.74, 6) is 0.129. The van der Waals surface area contributed by atoms with E-state index in [9.17, 15) is 14.7 Å². The summed E-state index contributed by atoms with van der Waals surface area (Å²) in [6.45, 7) is 1.44. The molecule has 42 heavy (non-hydrogen) atoms. The Kier molecular flexibility index (Phi) is 7.78. The molecule has 2 aliphatic rings. The summed E-state index contributed by atoms with van der Waals surface area (Å²) in [6, 6.07) is 30.1. The predicted molar refractivity (Wildman–Crippen MR) is 166 cm³/mol. The van der Waals surface area contributed by atoms with Gasteiger partial charge >= 0.3 is 6.03 Å². The maximum atomic E-state index is 14.2. The van der Waals surface area contributed by atoms with Gasteiger partial charge in [-0.3, -0.25) is 4.79 Å². The number of phenols is 1. The molecule has 0 spiro atoms. The fourth-order valence-corrected chi connectivity index (χ4v) is 6.43. The average molecular weight is 580 g/mol. The molecule has 0 bridgehead atoms. The highest BCUT2D eigenvalue weighted by Gasteiger charge is 2.49. The Morgan fingerprint density at radius 2 is 1.64 bits per heavy atom. The molecule has 3 amide bonds. The molecule has 2 fully saturated rings. The summed E-state index contributed by atoms with van der Waals surface area (Å²) in [5.41, 5.74) is 2.95. The second-order valence-corrected chi connectivity index (χ2v) is 11.3. The van der Waals surface area contributed by atoms with Gasteiger partial charge in [0.05, 0.1) is 18.1 Å². The monoisotopic (exact) mass is 579 g/mol. The number of aromatic hydroxyl groups is 1. The van der Waals surface area contributed by atoms with Crippen molar-refractivity contribution in [1.29, 1.82) is 0 Å². The molecule has 0 unspecified atom stereocenters. The first-order chi connectivity index (χ1) is 20.4. The average Bonchev–Trinajstić information content (AvgIpc) is 2.99. The molecule has 4 aromatic carbocycles. The number of rotatable bonds is 6. The minimum absolute atomic E-state index is 0.0381. The van der Waals surface area contributed by atoms with E-state index in [1.165, 1.54) is 0 Å². The van der Waals surface area contributed by atoms with E-state index in [0.29, 0.717) is 37.6 Å². The number of carbonyl (C=O) groups excluding carboxylic acids is 2. The van der Waals surface area contributed by atoms with Gasteiger partial charge in [-0.25, -0.2) is 14.8 Å². The van der Waals surface area contributed by atoms with E-state index >= 15 is 0 Å². The molecule has 0 aliphatic carbocycles. The fraction of sp³-hybridized carbons (Fsp3) is 0.242. The van der Waals surface area contributed by atoms with E-state index in [0.717, 1.165) is 27.5 Å². The molecule has 0 radical (unpaired) electrons. The molecule has 9 heteroatoms. The number of hydrogen-bond donors (Lipinski definition) is 2. The summed E-state index contributed by atoms with van der Waals surface area (Å²) in [5, 5.41) is 18.6. The number of benzene rings is 4. The summed E-state index contributed by atoms with van der Waals surface area (Å²) >= 11 is 5.88. The zero-order valence-corrected chi connectivity index (χ0v) is 24.2. The normalized spacial score (nSPS) is 19.2. The molecular formula is C33H33N5O3S. The Labute approximate surface area is 250 Å². The van der Waals surface area contributed by atoms with Crippen molar-refractivity contribution < 1.29 is 14.7 Å². The maximum Gasteiger partial charge on any atom is 0.334 e. The number of hydrogen-bond acceptors (Lipinski definition) is 5. The smallest absolute Gasteiger partial charge is 0.334 e. The first-order valence-electron chi connectivity index (χ1n) is 14.1. The second-order valence-electron chi connectivity index (χ2n) is 10.8. The van der Waals surface area contributed by atoms with Crippen LogP contribution < -0.4 is 5.32 Å². The molecule has 8 nitrogen and oxygen atoms in total. The summed E-state index contributed by atoms with van der Waals surface area (Å²) in [7, 11) is 1.85. The van der Waals surface area contributed by atoms with Gasteiger partial charge in [0.25, 0.3) is 0 Å². The highest BCUT2D eigenvalue weighted by atomic mass is 32.1. The second kappa shape index (κ2) is 11.8. The topological polar surface area (TPSA) is 79.4 Å². The number of fused-ring (bicyclic) bond motifs is 2. The maximum absolute atomic E-state index is 14.2. The lowest BCUT2D eigenvalue weighted by Crippen LogP contribution is -2.75. The SMILES string of the molecule is CN1CC(=S)N2[C@H](Cc3ccc(O)cc3)C(=O)N(Cc3cccc4ccccc34)C[C@H]2N1C(=O)NCc1ccccc1. The number of likely N-dealkylation sites (N-methyl/N-ethyl adjacent to an activating group) is 1. The van der Waals surface area contributed by atoms with Crippen molar-refractivity contribution in [3.63, 3.8) is 0 Å². The third-order valence-electron chi connectivity index (χ3n) is 8.04. The molecule has 6 rings (SSSR count). The highest BCUT2D eigenvalue weighted by molar-refractivity contribution is 7.80. The number of carbonyl (C=O) groups is 2. The van der Waals surface area contributed by atoms with Gasteiger partial charge in [-0.15, -0.1) is 0 Å². The van der Waals surface area contributed by atoms with E-state index in [4.69, 9.17) is 12.2 Å². The van der Waals surface area contributed by atoms with Crippen LogP contribution in [0.3, 0.4) is 0 Å². The number of nitrogens with one attached hydrogen (secondary N) is 1. The Bertz CT molecular complexity index is 1610. The van der Waals surface area contributed by atoms with Gasteiger partial charge in [0.15, 0.2) is 0 Å². The van der Waals surface area contributed by atoms with Crippen molar-refractivity contribution in [2.45, 2.75) is 31.7 Å². The number of amides is 3. The largest absolute Gasteiger partial charge is 0.508 e. The number of thiocarbonyl (C=S) groups is 1. The van der Waals surface area contributed by atoms with Crippen molar-refractivity contribution in [3.8, 4) is 5.75 Å². The number of hydrazine groups is 1. The van der Waals surface area contributed by atoms with Crippen LogP contribution in [0.2, 0.25) is 0 Å². The lowest BCUT2D eigenvalue weighted by Gasteiger charge is -2.55. The van der Waals surface area contributed by atoms with Gasteiger partial charge in [-0.2, -0.15) is 0 Å². The van der Waals surface area contributed by atoms with E-state index in [1.807, 2.05) is 82.5 Å². The highest BCUT2D eigenvalue weighted by Crippen LogP contribution is 2.30. The van der Waals surface area contributed by atoms with Gasteiger partial charge in [0.1, 0.15) is 18.0 Å². The van der Waals surface area contributed by atoms with Crippen molar-refractivity contribution in [1.82, 2.24) is 25.1 Å². The van der Waals surface area contributed by atoms with Gasteiger partial charge in [-0.1, -0.05) is 97.1 Å². The van der Waals surface area contributed by atoms with Crippen molar-refractivity contribution in [2.75, 3.05) is 20.1 Å². The number of phenolic OH excluding ortho intramolecular Hbond substituents is 1. The Hall–Kier alpha value is -4.47. The van der Waals surface area contributed by atoms with E-state index in [-0.39, 0.29) is 17.7 Å². The molecule has 4 aromatic rings. The van der Waals surface area contributed by atoms with Crippen molar-refractivity contribution >= 4 is 39.9 Å². The molecular weight excluding hydrogens is 546 g/mol. The lowest BCUT2D eigenvalue weighted by molar-refractivity contribution is -0.156. The zero-order valence-electron chi connectivity index (χ0n) is 23.4. The summed E-state index contributed by atoms with van der Waals surface area (Å²) < 4.78 is 0. The van der Waals surface area contributed by atoms with E-state index in [1.54, 1.807) is 17.1 Å². The number of nitrogens with zero attached hydrogens (tertiary/aromatic N) is 4. The molecule has 2 heterocycles. The number of piperazine rings is 1. The van der Waals surface area contributed by atoms with Crippen LogP contribution in [0, 0.1) is 0 Å². The summed E-state index contributed by atoms with van der Waals surface area (Å²) in [6.07, 6.45) is -0.0906. The minimum Gasteiger partial charge on any atom is -0.508 e. The Morgan fingerprint density at radius 3 is 2.43 bits per heavy atom. The standard InChI is InChI=1S/C33H33N5O3S/c1-35-22-31(42)37-29(18-23-14-16-27(39)17-15-23)32(40)36(20-26-12-7-11-25-10-5-6-13-28(25)26)21-30(37)38(35)33(41)34-19-24-8-3-2-4-9-24/h2-17,29-30,39H,18-22H2,1H3,(H,34,41)/t29-,30-/m1/s1. The van der Waals surface area contributed by atoms with Gasteiger partial charge in [-0.05, 0) is 39.6 Å². The molecule has 214 valence electrons. The molecule has 2 atom stereocenters. The van der Waals surface area contributed by atoms with Crippen molar-refractivity contribution in [3.05, 3.63) is 114 Å². The van der Waals surface area contributed by atoms with Crippen LogP contribution in [-0.2, 0) is 24.3 Å². The van der Waals surface area contributed by atoms with Gasteiger partial charge in [0.2, 0.25) is 5.91 Å². The first-order valence-corrected chi connectivity index (χ1v) is 14.5. The molecule has 0 aromatic heterocycles. The summed E-state index contributed by atoms with van der Waals surface area (Å²) in [4.78, 5) is 32.4. The molecule has 2 aliphatic heterocycles. The Morgan fingerprint density at radius 1 is 0.929 bits per heavy atom. The first kappa shape index (κ1) is 27.7. The molecule has 2 N–H and O–H groups in total. The molecule has 0 saturated carbocycles.